The molecule has 0 aliphatic carbocycles. The van der Waals surface area contributed by atoms with Gasteiger partial charge in [-0.3, -0.25) is 0 Å². The summed E-state index contributed by atoms with van der Waals surface area (Å²) in [7, 11) is 0. The van der Waals surface area contributed by atoms with E-state index in [2.05, 4.69) is 5.10 Å². The first-order chi connectivity index (χ1) is 7.22. The van der Waals surface area contributed by atoms with Gasteiger partial charge in [0, 0.05) is 11.8 Å². The molecule has 0 spiro atoms. The summed E-state index contributed by atoms with van der Waals surface area (Å²) in [4.78, 5) is 0. The average molecular weight is 206 g/mol. The van der Waals surface area contributed by atoms with Crippen molar-refractivity contribution in [2.24, 2.45) is 0 Å². The van der Waals surface area contributed by atoms with Gasteiger partial charge in [0.15, 0.2) is 0 Å². The van der Waals surface area contributed by atoms with Gasteiger partial charge in [-0.2, -0.15) is 5.10 Å². The molecule has 0 saturated heterocycles. The molecule has 78 valence electrons. The summed E-state index contributed by atoms with van der Waals surface area (Å²) in [6.07, 6.45) is 1.63. The number of benzene rings is 1. The Kier molecular flexibility index (Phi) is 2.51. The van der Waals surface area contributed by atoms with Gasteiger partial charge in [-0.25, -0.2) is 9.07 Å². The highest BCUT2D eigenvalue weighted by Gasteiger charge is 2.08. The zero-order chi connectivity index (χ0) is 10.8. The first kappa shape index (κ1) is 9.86. The van der Waals surface area contributed by atoms with Crippen molar-refractivity contribution in [3.8, 4) is 5.69 Å². The molecule has 3 nitrogen and oxygen atoms in total. The second kappa shape index (κ2) is 3.82. The van der Waals surface area contributed by atoms with E-state index in [9.17, 15) is 4.39 Å². The second-order valence-electron chi connectivity index (χ2n) is 3.29. The SMILES string of the molecule is Cc1nn(-c2ccccc2F)cc1CO. The quantitative estimate of drug-likeness (QED) is 0.813. The Balaban J connectivity index is 2.50. The van der Waals surface area contributed by atoms with E-state index in [0.29, 0.717) is 16.9 Å². The lowest BCUT2D eigenvalue weighted by Crippen LogP contribution is -1.97. The van der Waals surface area contributed by atoms with Gasteiger partial charge in [0.25, 0.3) is 0 Å². The molecular weight excluding hydrogens is 195 g/mol. The van der Waals surface area contributed by atoms with Crippen LogP contribution < -0.4 is 0 Å². The van der Waals surface area contributed by atoms with Crippen LogP contribution in [0, 0.1) is 12.7 Å². The van der Waals surface area contributed by atoms with Crippen molar-refractivity contribution in [2.75, 3.05) is 0 Å². The maximum atomic E-state index is 13.4. The molecule has 0 aliphatic rings. The van der Waals surface area contributed by atoms with Crippen molar-refractivity contribution >= 4 is 0 Å². The molecule has 4 heteroatoms. The van der Waals surface area contributed by atoms with Crippen LogP contribution in [-0.2, 0) is 6.61 Å². The number of hydrogen-bond acceptors (Lipinski definition) is 2. The molecule has 1 N–H and O–H groups in total. The van der Waals surface area contributed by atoms with Crippen LogP contribution in [0.3, 0.4) is 0 Å². The van der Waals surface area contributed by atoms with Crippen molar-refractivity contribution in [3.05, 3.63) is 47.5 Å². The Bertz CT molecular complexity index is 479. The normalized spacial score (nSPS) is 10.6. The van der Waals surface area contributed by atoms with Gasteiger partial charge in [-0.1, -0.05) is 12.1 Å². The van der Waals surface area contributed by atoms with Crippen LogP contribution in [-0.4, -0.2) is 14.9 Å². The highest BCUT2D eigenvalue weighted by molar-refractivity contribution is 5.34. The van der Waals surface area contributed by atoms with Crippen LogP contribution in [0.15, 0.2) is 30.5 Å². The maximum absolute atomic E-state index is 13.4. The number of aromatic nitrogens is 2. The molecule has 0 unspecified atom stereocenters. The van der Waals surface area contributed by atoms with Crippen LogP contribution in [0.5, 0.6) is 0 Å². The van der Waals surface area contributed by atoms with Crippen LogP contribution in [0.2, 0.25) is 0 Å². The fourth-order valence-electron chi connectivity index (χ4n) is 1.41. The van der Waals surface area contributed by atoms with Crippen LogP contribution in [0.25, 0.3) is 5.69 Å². The second-order valence-corrected chi connectivity index (χ2v) is 3.29. The Morgan fingerprint density at radius 1 is 1.40 bits per heavy atom. The lowest BCUT2D eigenvalue weighted by atomic mass is 10.3. The predicted molar refractivity (Wildman–Crippen MR) is 54.2 cm³/mol. The van der Waals surface area contributed by atoms with E-state index in [-0.39, 0.29) is 12.4 Å². The number of aryl methyl sites for hydroxylation is 1. The summed E-state index contributed by atoms with van der Waals surface area (Å²) < 4.78 is 14.8. The average Bonchev–Trinajstić information content (AvgIpc) is 2.60. The van der Waals surface area contributed by atoms with Gasteiger partial charge in [-0.05, 0) is 19.1 Å². The van der Waals surface area contributed by atoms with E-state index in [4.69, 9.17) is 5.11 Å². The lowest BCUT2D eigenvalue weighted by Gasteiger charge is -2.01. The Morgan fingerprint density at radius 2 is 2.13 bits per heavy atom. The molecule has 2 aromatic rings. The third-order valence-corrected chi connectivity index (χ3v) is 2.27. The minimum atomic E-state index is -0.329. The van der Waals surface area contributed by atoms with Crippen molar-refractivity contribution in [1.82, 2.24) is 9.78 Å². The number of aliphatic hydroxyl groups excluding tert-OH is 1. The molecule has 0 saturated carbocycles. The fourth-order valence-corrected chi connectivity index (χ4v) is 1.41. The minimum Gasteiger partial charge on any atom is -0.392 e. The number of nitrogens with zero attached hydrogens (tertiary/aromatic N) is 2. The smallest absolute Gasteiger partial charge is 0.148 e. The van der Waals surface area contributed by atoms with Gasteiger partial charge in [0.2, 0.25) is 0 Å². The van der Waals surface area contributed by atoms with Crippen LogP contribution in [0.1, 0.15) is 11.3 Å². The molecule has 1 heterocycles. The van der Waals surface area contributed by atoms with E-state index < -0.39 is 0 Å². The van der Waals surface area contributed by atoms with Gasteiger partial charge in [0.05, 0.1) is 12.3 Å². The van der Waals surface area contributed by atoms with Crippen LogP contribution >= 0.6 is 0 Å². The van der Waals surface area contributed by atoms with E-state index in [0.717, 1.165) is 0 Å². The van der Waals surface area contributed by atoms with Crippen molar-refractivity contribution in [2.45, 2.75) is 13.5 Å². The standard InChI is InChI=1S/C11H11FN2O/c1-8-9(7-15)6-14(13-8)11-5-3-2-4-10(11)12/h2-6,15H,7H2,1H3. The topological polar surface area (TPSA) is 38.0 Å². The zero-order valence-electron chi connectivity index (χ0n) is 8.31. The number of para-hydroxylation sites is 1. The fraction of sp³-hybridized carbons (Fsp3) is 0.182. The molecule has 0 radical (unpaired) electrons. The van der Waals surface area contributed by atoms with E-state index in [1.807, 2.05) is 0 Å². The molecule has 0 bridgehead atoms. The van der Waals surface area contributed by atoms with Crippen molar-refractivity contribution in [3.63, 3.8) is 0 Å². The maximum Gasteiger partial charge on any atom is 0.148 e. The molecule has 2 rings (SSSR count). The molecule has 0 atom stereocenters. The van der Waals surface area contributed by atoms with Crippen molar-refractivity contribution < 1.29 is 9.50 Å². The van der Waals surface area contributed by atoms with E-state index >= 15 is 0 Å². The number of halogens is 1. The molecule has 1 aromatic carbocycles. The number of aliphatic hydroxyl groups is 1. The molecule has 0 fully saturated rings. The van der Waals surface area contributed by atoms with Crippen molar-refractivity contribution in [1.29, 1.82) is 0 Å². The van der Waals surface area contributed by atoms with Crippen LogP contribution in [0.4, 0.5) is 4.39 Å². The summed E-state index contributed by atoms with van der Waals surface area (Å²) in [5.41, 5.74) is 1.80. The third kappa shape index (κ3) is 1.76. The highest BCUT2D eigenvalue weighted by atomic mass is 19.1. The number of hydrogen-bond donors (Lipinski definition) is 1. The molecular formula is C11H11FN2O. The molecule has 0 amide bonds. The first-order valence-electron chi connectivity index (χ1n) is 4.63. The number of rotatable bonds is 2. The lowest BCUT2D eigenvalue weighted by molar-refractivity contribution is 0.281. The molecule has 0 aliphatic heterocycles. The molecule has 1 aromatic heterocycles. The largest absolute Gasteiger partial charge is 0.392 e. The predicted octanol–water partition coefficient (Wildman–Crippen LogP) is 1.81. The third-order valence-electron chi connectivity index (χ3n) is 2.27. The summed E-state index contributed by atoms with van der Waals surface area (Å²) in [5.74, 6) is -0.329. The Morgan fingerprint density at radius 3 is 2.73 bits per heavy atom. The Hall–Kier alpha value is -1.68. The highest BCUT2D eigenvalue weighted by Crippen LogP contribution is 2.14. The van der Waals surface area contributed by atoms with Gasteiger partial charge in [-0.15, -0.1) is 0 Å². The van der Waals surface area contributed by atoms with Gasteiger partial charge in [0.1, 0.15) is 11.5 Å². The van der Waals surface area contributed by atoms with Gasteiger partial charge >= 0.3 is 0 Å². The van der Waals surface area contributed by atoms with E-state index in [1.165, 1.54) is 10.7 Å². The Labute approximate surface area is 86.8 Å². The minimum absolute atomic E-state index is 0.0830. The summed E-state index contributed by atoms with van der Waals surface area (Å²) in [6.45, 7) is 1.70. The monoisotopic (exact) mass is 206 g/mol. The van der Waals surface area contributed by atoms with E-state index in [1.54, 1.807) is 31.3 Å². The summed E-state index contributed by atoms with van der Waals surface area (Å²) >= 11 is 0. The summed E-state index contributed by atoms with van der Waals surface area (Å²) in [6, 6.07) is 6.39. The zero-order valence-corrected chi connectivity index (χ0v) is 8.31. The summed E-state index contributed by atoms with van der Waals surface area (Å²) in [5, 5.41) is 13.1. The molecule has 15 heavy (non-hydrogen) atoms. The van der Waals surface area contributed by atoms with Gasteiger partial charge < -0.3 is 5.11 Å². The first-order valence-corrected chi connectivity index (χ1v) is 4.63.